The van der Waals surface area contributed by atoms with Crippen LogP contribution in [-0.2, 0) is 9.53 Å². The van der Waals surface area contributed by atoms with Gasteiger partial charge in [-0.15, -0.1) is 0 Å². The van der Waals surface area contributed by atoms with E-state index >= 15 is 0 Å². The molecule has 0 saturated carbocycles. The molecule has 0 unspecified atom stereocenters. The highest BCUT2D eigenvalue weighted by Gasteiger charge is 2.46. The lowest BCUT2D eigenvalue weighted by Gasteiger charge is -2.42. The van der Waals surface area contributed by atoms with E-state index in [0.29, 0.717) is 4.70 Å². The summed E-state index contributed by atoms with van der Waals surface area (Å²) in [5.74, 6) is -0.495. The van der Waals surface area contributed by atoms with Crippen molar-refractivity contribution in [2.75, 3.05) is 6.61 Å². The predicted octanol–water partition coefficient (Wildman–Crippen LogP) is 0.484. The zero-order valence-electron chi connectivity index (χ0n) is 13.7. The summed E-state index contributed by atoms with van der Waals surface area (Å²) in [7, 11) is 0. The maximum atomic E-state index is 11.5. The zero-order valence-corrected chi connectivity index (χ0v) is 16.0. The highest BCUT2D eigenvalue weighted by atomic mass is 35.5. The molecule has 0 spiro atoms. The van der Waals surface area contributed by atoms with E-state index in [9.17, 15) is 24.9 Å². The van der Waals surface area contributed by atoms with E-state index in [4.69, 9.17) is 37.1 Å². The number of ether oxygens (including phenoxy) is 2. The van der Waals surface area contributed by atoms with Crippen LogP contribution in [0.25, 0.3) is 10.3 Å². The number of carbonyl (C=O) groups is 1. The first-order valence-electron chi connectivity index (χ1n) is 7.70. The topological polar surface area (TPSA) is 138 Å². The monoisotopic (exact) mass is 439 g/mol. The molecule has 27 heavy (non-hydrogen) atoms. The second-order valence-corrected chi connectivity index (χ2v) is 7.57. The zero-order chi connectivity index (χ0) is 19.9. The van der Waals surface area contributed by atoms with E-state index in [1.54, 1.807) is 0 Å². The van der Waals surface area contributed by atoms with E-state index in [2.05, 4.69) is 5.32 Å². The van der Waals surface area contributed by atoms with Crippen LogP contribution in [0.4, 0.5) is 0 Å². The van der Waals surface area contributed by atoms with Gasteiger partial charge in [-0.1, -0.05) is 34.5 Å². The molecule has 2 aromatic rings. The fourth-order valence-electron chi connectivity index (χ4n) is 2.71. The van der Waals surface area contributed by atoms with Gasteiger partial charge in [0.1, 0.15) is 40.1 Å². The molecule has 0 bridgehead atoms. The van der Waals surface area contributed by atoms with Gasteiger partial charge in [-0.05, 0) is 0 Å². The normalized spacial score (nSPS) is 28.3. The van der Waals surface area contributed by atoms with Gasteiger partial charge in [0.25, 0.3) is 0 Å². The van der Waals surface area contributed by atoms with E-state index in [1.807, 2.05) is 0 Å². The number of hydrogen-bond donors (Lipinski definition) is 4. The summed E-state index contributed by atoms with van der Waals surface area (Å²) in [6.45, 7) is 0.620. The number of amides is 1. The first-order valence-corrected chi connectivity index (χ1v) is 9.28. The highest BCUT2D eigenvalue weighted by molar-refractivity contribution is 7.16. The summed E-state index contributed by atoms with van der Waals surface area (Å²) in [6.07, 6.45) is -5.39. The SMILES string of the molecule is CC(=O)N[C@H]1[C@@H](Oc2cc3sc(=O)oc3c(Cl)c2Cl)O[C@H](CO)[C@H](O)[C@@H]1O. The van der Waals surface area contributed by atoms with Crippen LogP contribution in [-0.4, -0.2) is 58.5 Å². The molecular formula is C15H15Cl2NO8S. The Kier molecular flexibility index (Phi) is 5.96. The van der Waals surface area contributed by atoms with Crippen molar-refractivity contribution in [3.8, 4) is 5.75 Å². The molecule has 1 aliphatic heterocycles. The number of rotatable bonds is 4. The largest absolute Gasteiger partial charge is 0.461 e. The Morgan fingerprint density at radius 2 is 2.04 bits per heavy atom. The van der Waals surface area contributed by atoms with Crippen LogP contribution in [0.3, 0.4) is 0 Å². The molecule has 4 N–H and O–H groups in total. The molecule has 1 aromatic heterocycles. The highest BCUT2D eigenvalue weighted by Crippen LogP contribution is 2.40. The third-order valence-electron chi connectivity index (χ3n) is 3.97. The fraction of sp³-hybridized carbons (Fsp3) is 0.467. The van der Waals surface area contributed by atoms with E-state index < -0.39 is 48.1 Å². The Bertz CT molecular complexity index is 915. The second-order valence-electron chi connectivity index (χ2n) is 5.83. The first kappa shape index (κ1) is 20.3. The number of hydrogen-bond acceptors (Lipinski definition) is 9. The lowest BCUT2D eigenvalue weighted by molar-refractivity contribution is -0.244. The van der Waals surface area contributed by atoms with Crippen molar-refractivity contribution in [2.45, 2.75) is 37.6 Å². The average Bonchev–Trinajstić information content (AvgIpc) is 2.99. The Balaban J connectivity index is 1.97. The number of benzene rings is 1. The maximum Gasteiger partial charge on any atom is 0.396 e. The van der Waals surface area contributed by atoms with Crippen molar-refractivity contribution < 1.29 is 34.0 Å². The molecule has 148 valence electrons. The van der Waals surface area contributed by atoms with Gasteiger partial charge >= 0.3 is 4.94 Å². The summed E-state index contributed by atoms with van der Waals surface area (Å²) < 4.78 is 16.5. The number of carbonyl (C=O) groups excluding carboxylic acids is 1. The first-order chi connectivity index (χ1) is 12.7. The molecule has 1 fully saturated rings. The van der Waals surface area contributed by atoms with Crippen molar-refractivity contribution in [2.24, 2.45) is 0 Å². The van der Waals surface area contributed by atoms with Crippen molar-refractivity contribution in [1.29, 1.82) is 0 Å². The smallest absolute Gasteiger partial charge is 0.396 e. The van der Waals surface area contributed by atoms with Crippen LogP contribution in [0.5, 0.6) is 5.75 Å². The van der Waals surface area contributed by atoms with Crippen molar-refractivity contribution >= 4 is 50.7 Å². The van der Waals surface area contributed by atoms with E-state index in [0.717, 1.165) is 11.3 Å². The minimum absolute atomic E-state index is 0.00634. The van der Waals surface area contributed by atoms with Crippen molar-refractivity contribution in [3.05, 3.63) is 25.8 Å². The molecule has 2 heterocycles. The number of nitrogens with one attached hydrogen (secondary N) is 1. The number of aliphatic hydroxyl groups excluding tert-OH is 3. The maximum absolute atomic E-state index is 11.5. The van der Waals surface area contributed by atoms with Gasteiger partial charge in [-0.25, -0.2) is 4.79 Å². The Morgan fingerprint density at radius 1 is 1.33 bits per heavy atom. The van der Waals surface area contributed by atoms with E-state index in [-0.39, 0.29) is 21.4 Å². The number of aliphatic hydroxyl groups is 3. The summed E-state index contributed by atoms with van der Waals surface area (Å²) in [5, 5.41) is 32.0. The van der Waals surface area contributed by atoms with Gasteiger partial charge in [0.05, 0.1) is 11.3 Å². The molecule has 1 saturated heterocycles. The predicted molar refractivity (Wildman–Crippen MR) is 96.4 cm³/mol. The van der Waals surface area contributed by atoms with Gasteiger partial charge in [-0.2, -0.15) is 0 Å². The van der Waals surface area contributed by atoms with Gasteiger partial charge in [0.15, 0.2) is 5.58 Å². The Hall–Kier alpha value is -1.40. The molecule has 12 heteroatoms. The van der Waals surface area contributed by atoms with Crippen LogP contribution in [0.15, 0.2) is 15.3 Å². The lowest BCUT2D eigenvalue weighted by atomic mass is 9.97. The molecular weight excluding hydrogens is 425 g/mol. The number of halogens is 2. The standard InChI is InChI=1S/C15H15Cl2NO8S/c1-4(20)18-10-12(22)11(21)6(3-19)25-14(10)24-5-2-7-13(9(17)8(5)16)26-15(23)27-7/h2,6,10-12,14,19,21-22H,3H2,1H3,(H,18,20)/t6-,10-,11+,12-,14+/m1/s1. The quantitative estimate of drug-likeness (QED) is 0.539. The van der Waals surface area contributed by atoms with E-state index in [1.165, 1.54) is 13.0 Å². The van der Waals surface area contributed by atoms with Crippen LogP contribution in [0, 0.1) is 0 Å². The van der Waals surface area contributed by atoms with Crippen LogP contribution >= 0.6 is 34.5 Å². The third-order valence-corrected chi connectivity index (χ3v) is 5.57. The van der Waals surface area contributed by atoms with Crippen LogP contribution in [0.1, 0.15) is 6.92 Å². The van der Waals surface area contributed by atoms with Gasteiger partial charge in [0, 0.05) is 13.0 Å². The summed E-state index contributed by atoms with van der Waals surface area (Å²) >= 11 is 13.1. The minimum Gasteiger partial charge on any atom is -0.461 e. The van der Waals surface area contributed by atoms with Gasteiger partial charge in [0.2, 0.25) is 12.2 Å². The summed E-state index contributed by atoms with van der Waals surface area (Å²) in [5.41, 5.74) is 0.107. The molecule has 0 aliphatic carbocycles. The Morgan fingerprint density at radius 3 is 2.67 bits per heavy atom. The molecule has 5 atom stereocenters. The molecule has 9 nitrogen and oxygen atoms in total. The van der Waals surface area contributed by atoms with Crippen molar-refractivity contribution in [1.82, 2.24) is 5.32 Å². The van der Waals surface area contributed by atoms with Crippen molar-refractivity contribution in [3.63, 3.8) is 0 Å². The molecule has 0 radical (unpaired) electrons. The number of fused-ring (bicyclic) bond motifs is 1. The fourth-order valence-corrected chi connectivity index (χ4v) is 3.89. The average molecular weight is 440 g/mol. The molecule has 1 aliphatic rings. The molecule has 1 aromatic carbocycles. The van der Waals surface area contributed by atoms with Crippen LogP contribution < -0.4 is 15.0 Å². The second kappa shape index (κ2) is 7.92. The minimum atomic E-state index is -1.48. The lowest BCUT2D eigenvalue weighted by Crippen LogP contribution is -2.65. The Labute approximate surface area is 166 Å². The van der Waals surface area contributed by atoms with Crippen LogP contribution in [0.2, 0.25) is 10.0 Å². The summed E-state index contributed by atoms with van der Waals surface area (Å²) in [4.78, 5) is 22.3. The third kappa shape index (κ3) is 3.92. The summed E-state index contributed by atoms with van der Waals surface area (Å²) in [6, 6.07) is 0.243. The van der Waals surface area contributed by atoms with Gasteiger partial charge in [-0.3, -0.25) is 4.79 Å². The molecule has 3 rings (SSSR count). The molecule has 1 amide bonds. The van der Waals surface area contributed by atoms with Gasteiger partial charge < -0.3 is 34.5 Å².